The maximum Gasteiger partial charge on any atom is 0.325 e. The van der Waals surface area contributed by atoms with Crippen LogP contribution in [0.25, 0.3) is 44.1 Å². The molecule has 0 unspecified atom stereocenters. The number of carbonyl (C=O) groups is 2. The lowest BCUT2D eigenvalue weighted by Gasteiger charge is -2.22. The van der Waals surface area contributed by atoms with Crippen molar-refractivity contribution >= 4 is 76.4 Å². The molecular weight excluding hydrogens is 1590 g/mol. The molecule has 4 aliphatic rings. The molecule has 2 fully saturated rings. The van der Waals surface area contributed by atoms with E-state index in [1.165, 1.54) is 36.7 Å². The van der Waals surface area contributed by atoms with Crippen molar-refractivity contribution in [3.05, 3.63) is 197 Å². The second kappa shape index (κ2) is 30.6. The normalized spacial score (nSPS) is 17.6. The number of carboxylic acids is 1. The predicted molar refractivity (Wildman–Crippen MR) is 392 cm³/mol. The van der Waals surface area contributed by atoms with E-state index >= 15 is 8.78 Å². The molecule has 6 heterocycles. The van der Waals surface area contributed by atoms with Crippen molar-refractivity contribution in [1.82, 2.24) is 49.1 Å². The first kappa shape index (κ1) is 82.8. The Kier molecular flexibility index (Phi) is 22.4. The molecule has 4 aliphatic carbocycles. The van der Waals surface area contributed by atoms with Crippen LogP contribution in [0, 0.1) is 58.8 Å². The molecular formula is C77H69Cl2F12N11O9S2. The van der Waals surface area contributed by atoms with E-state index in [0.717, 1.165) is 30.7 Å². The van der Waals surface area contributed by atoms with Crippen LogP contribution >= 0.6 is 23.2 Å². The van der Waals surface area contributed by atoms with Gasteiger partial charge in [-0.2, -0.15) is 38.0 Å². The lowest BCUT2D eigenvalue weighted by molar-refractivity contribution is -0.138. The highest BCUT2D eigenvalue weighted by atomic mass is 35.5. The van der Waals surface area contributed by atoms with Gasteiger partial charge < -0.3 is 21.1 Å². The molecule has 4 aromatic carbocycles. The number of benzene rings is 4. The monoisotopic (exact) mass is 1650 g/mol. The Hall–Kier alpha value is -9.68. The number of aliphatic hydroxyl groups is 2. The number of carbonyl (C=O) groups excluding carboxylic acids is 1. The number of pyridine rings is 2. The minimum atomic E-state index is -3.57. The zero-order chi connectivity index (χ0) is 82.6. The largest absolute Gasteiger partial charge is 0.480 e. The van der Waals surface area contributed by atoms with Crippen molar-refractivity contribution in [3.63, 3.8) is 0 Å². The molecule has 14 rings (SSSR count). The van der Waals surface area contributed by atoms with E-state index in [0.29, 0.717) is 87.2 Å². The Morgan fingerprint density at radius 3 is 1.35 bits per heavy atom. The third kappa shape index (κ3) is 17.8. The number of alkyl halides is 8. The molecule has 5 N–H and O–H groups in total. The average molecular weight is 1660 g/mol. The number of rotatable bonds is 20. The second-order valence-corrected chi connectivity index (χ2v) is 34.6. The summed E-state index contributed by atoms with van der Waals surface area (Å²) in [6.45, 7) is 4.36. The van der Waals surface area contributed by atoms with Gasteiger partial charge in [0.25, 0.3) is 24.7 Å². The smallest absolute Gasteiger partial charge is 0.325 e. The molecule has 0 radical (unpaired) electrons. The molecule has 10 aromatic rings. The van der Waals surface area contributed by atoms with Crippen molar-refractivity contribution in [2.24, 2.45) is 31.7 Å². The molecule has 596 valence electrons. The van der Waals surface area contributed by atoms with Gasteiger partial charge in [-0.3, -0.25) is 28.3 Å². The Bertz CT molecular complexity index is 5880. The minimum absolute atomic E-state index is 0.0388. The van der Waals surface area contributed by atoms with E-state index in [9.17, 15) is 80.5 Å². The lowest BCUT2D eigenvalue weighted by atomic mass is 9.86. The number of Topliss-reactive ketones (excluding diaryl/α,β-unsaturated/α-hetero) is 1. The fraction of sp³-hybridized carbons (Fsp3) is 0.377. The van der Waals surface area contributed by atoms with Gasteiger partial charge in [0.2, 0.25) is 0 Å². The molecule has 20 nitrogen and oxygen atoms in total. The van der Waals surface area contributed by atoms with Gasteiger partial charge in [0.1, 0.15) is 81.7 Å². The standard InChI is InChI=1S/C39H34ClF6N5O4S.C28H27ClF2N4O3S.C10H8F4N2O2/c1-38(2,53)10-9-23-5-6-25(26-7-8-29(40)32-30(18-56(4,54)55)48-50(3)35(26)32)33(47-23)20(11-19-12-21(41)15-22(42)13-19)14-24(52)17-51-36-31(34(49-51)37(43)44)27-16-28(27)39(36,45)46;1-28(2,36)10-9-19-5-6-20(26(33-19)23(32)13-16-11-17(30)14-18(31)12-16)21-7-8-22(29)25-24(15-39(4,37)38)34-35(3)27(21)25;11-9(12)7-6-3-1-4(3)10(13,14)8(6)16(15-7)2-5(17)18/h5-8,12-13,15,20,27-28,37,53H,11,14,16-18H2,1-4H3;5-8,11-12,14,23,36H,13,15,32H2,1-4H3;3-4,9H,1-2H2,(H,17,18)/t20-,27+,28-;23-;3-,4+/m100/s1. The summed E-state index contributed by atoms with van der Waals surface area (Å²) in [5.74, 6) is -6.33. The number of aliphatic carboxylic acids is 1. The lowest BCUT2D eigenvalue weighted by Crippen LogP contribution is -2.24. The van der Waals surface area contributed by atoms with Crippen LogP contribution < -0.4 is 5.73 Å². The van der Waals surface area contributed by atoms with Crippen LogP contribution in [0.2, 0.25) is 10.0 Å². The predicted octanol–water partition coefficient (Wildman–Crippen LogP) is 14.2. The number of aromatic nitrogens is 10. The van der Waals surface area contributed by atoms with Gasteiger partial charge in [0, 0.05) is 107 Å². The van der Waals surface area contributed by atoms with Gasteiger partial charge >= 0.3 is 5.97 Å². The number of nitrogens with two attached hydrogens (primary N) is 1. The molecule has 2 saturated carbocycles. The van der Waals surface area contributed by atoms with Crippen LogP contribution in [0.4, 0.5) is 52.7 Å². The SMILES string of the molecule is Cn1nc(CS(C)(=O)=O)c2c(Cl)ccc(-c3ccc(C#CC(C)(C)O)nc3[C@@H](CC(=O)Cn3nc(C(F)F)c4c3C(F)(F)[C@@H]3C[C@H]43)Cc3cc(F)cc(F)c3)c21.Cn1nc(CS(C)(=O)=O)c2c(Cl)ccc(-c3ccc(C#CC(C)(C)O)nc3[C@@H](N)Cc3cc(F)cc(F)c3)c21.O=C(O)Cn1nc(C(F)F)c2c1C(F)(F)[C@@H]1C[C@H]21. The number of ketones is 1. The topological polar surface area (TPSA) is 286 Å². The molecule has 0 saturated heterocycles. The third-order valence-corrected chi connectivity index (χ3v) is 21.4. The third-order valence-electron chi connectivity index (χ3n) is 19.2. The van der Waals surface area contributed by atoms with Gasteiger partial charge in [0.05, 0.1) is 61.4 Å². The molecule has 36 heteroatoms. The van der Waals surface area contributed by atoms with E-state index in [-0.39, 0.29) is 70.2 Å². The molecule has 0 aliphatic heterocycles. The number of aryl methyl sites for hydroxylation is 2. The number of halogens is 14. The number of carboxylic acid groups (broad SMARTS) is 1. The summed E-state index contributed by atoms with van der Waals surface area (Å²) in [4.78, 5) is 34.0. The average Bonchev–Trinajstić information content (AvgIpc) is 1.52. The molecule has 6 atom stereocenters. The van der Waals surface area contributed by atoms with E-state index < -0.39 is 174 Å². The summed E-state index contributed by atoms with van der Waals surface area (Å²) in [7, 11) is -3.71. The Labute approximate surface area is 648 Å². The zero-order valence-corrected chi connectivity index (χ0v) is 64.2. The van der Waals surface area contributed by atoms with E-state index in [4.69, 9.17) is 39.0 Å². The van der Waals surface area contributed by atoms with Crippen molar-refractivity contribution in [3.8, 4) is 45.9 Å². The van der Waals surface area contributed by atoms with Gasteiger partial charge in [0.15, 0.2) is 25.5 Å². The fourth-order valence-electron chi connectivity index (χ4n) is 14.8. The highest BCUT2D eigenvalue weighted by Crippen LogP contribution is 2.69. The summed E-state index contributed by atoms with van der Waals surface area (Å²) >= 11 is 13.1. The molecule has 0 spiro atoms. The number of sulfone groups is 2. The number of fused-ring (bicyclic) bond motifs is 8. The molecule has 6 aromatic heterocycles. The van der Waals surface area contributed by atoms with Crippen molar-refractivity contribution in [2.45, 2.75) is 144 Å². The van der Waals surface area contributed by atoms with E-state index in [1.54, 1.807) is 75.1 Å². The Morgan fingerprint density at radius 2 is 0.956 bits per heavy atom. The summed E-state index contributed by atoms with van der Waals surface area (Å²) in [6.07, 6.45) is -4.38. The molecule has 0 bridgehead atoms. The van der Waals surface area contributed by atoms with Gasteiger partial charge in [-0.15, -0.1) is 0 Å². The first-order valence-electron chi connectivity index (χ1n) is 34.7. The van der Waals surface area contributed by atoms with Crippen LogP contribution in [0.5, 0.6) is 0 Å². The maximum absolute atomic E-state index is 15.4. The van der Waals surface area contributed by atoms with Crippen LogP contribution in [-0.2, 0) is 92.6 Å². The summed E-state index contributed by atoms with van der Waals surface area (Å²) in [6, 6.07) is 18.4. The van der Waals surface area contributed by atoms with Gasteiger partial charge in [-0.05, 0) is 149 Å². The Morgan fingerprint density at radius 1 is 0.575 bits per heavy atom. The summed E-state index contributed by atoms with van der Waals surface area (Å²) in [5.41, 5.74) is 5.62. The van der Waals surface area contributed by atoms with E-state index in [1.807, 2.05) is 0 Å². The first-order valence-corrected chi connectivity index (χ1v) is 39.5. The number of nitrogens with zero attached hydrogens (tertiary/aromatic N) is 10. The van der Waals surface area contributed by atoms with Crippen LogP contribution in [0.1, 0.15) is 163 Å². The van der Waals surface area contributed by atoms with Gasteiger partial charge in [-0.1, -0.05) is 47.2 Å². The second-order valence-electron chi connectivity index (χ2n) is 29.6. The Balaban J connectivity index is 0.000000178. The highest BCUT2D eigenvalue weighted by Gasteiger charge is 2.68. The molecule has 113 heavy (non-hydrogen) atoms. The number of hydrogen-bond donors (Lipinski definition) is 4. The summed E-state index contributed by atoms with van der Waals surface area (Å²) < 4.78 is 222. The first-order chi connectivity index (χ1) is 52.6. The van der Waals surface area contributed by atoms with Crippen LogP contribution in [0.15, 0.2) is 84.9 Å². The van der Waals surface area contributed by atoms with Crippen LogP contribution in [0.3, 0.4) is 0 Å². The quantitative estimate of drug-likeness (QED) is 0.0407. The van der Waals surface area contributed by atoms with Crippen molar-refractivity contribution < 1.29 is 94.4 Å². The highest BCUT2D eigenvalue weighted by molar-refractivity contribution is 7.90. The maximum atomic E-state index is 15.4. The molecule has 0 amide bonds. The summed E-state index contributed by atoms with van der Waals surface area (Å²) in [5, 5.41) is 46.3. The van der Waals surface area contributed by atoms with E-state index in [2.05, 4.69) is 49.1 Å². The van der Waals surface area contributed by atoms with Crippen LogP contribution in [-0.4, -0.2) is 117 Å². The number of hydrogen-bond acceptors (Lipinski definition) is 15. The minimum Gasteiger partial charge on any atom is -0.480 e. The zero-order valence-electron chi connectivity index (χ0n) is 61.0. The van der Waals surface area contributed by atoms with Crippen molar-refractivity contribution in [2.75, 3.05) is 12.5 Å². The fourth-order valence-corrected chi connectivity index (χ4v) is 16.7. The van der Waals surface area contributed by atoms with Crippen molar-refractivity contribution in [1.29, 1.82) is 0 Å². The van der Waals surface area contributed by atoms with Gasteiger partial charge in [-0.25, -0.2) is 61.9 Å².